The molecule has 0 unspecified atom stereocenters. The van der Waals surface area contributed by atoms with Crippen molar-refractivity contribution >= 4 is 27.5 Å². The van der Waals surface area contributed by atoms with Gasteiger partial charge in [0.05, 0.1) is 35.9 Å². The number of benzene rings is 1. The molecule has 1 fully saturated rings. The number of rotatable bonds is 3. The summed E-state index contributed by atoms with van der Waals surface area (Å²) < 4.78 is 30.2. The quantitative estimate of drug-likeness (QED) is 0.783. The number of ether oxygens (including phenoxy) is 1. The van der Waals surface area contributed by atoms with Gasteiger partial charge < -0.3 is 10.1 Å². The zero-order valence-electron chi connectivity index (χ0n) is 15.6. The maximum absolute atomic E-state index is 12.4. The Balaban J connectivity index is 1.73. The predicted octanol–water partition coefficient (Wildman–Crippen LogP) is 1.81. The zero-order valence-corrected chi connectivity index (χ0v) is 16.5. The second kappa shape index (κ2) is 6.73. The van der Waals surface area contributed by atoms with Gasteiger partial charge in [-0.2, -0.15) is 5.10 Å². The number of amides is 1. The van der Waals surface area contributed by atoms with Gasteiger partial charge in [0.15, 0.2) is 9.84 Å². The molecule has 148 valence electrons. The summed E-state index contributed by atoms with van der Waals surface area (Å²) in [6.45, 7) is 1.87. The number of nitrogens with one attached hydrogen (secondary N) is 1. The molecular weight excluding hydrogens is 382 g/mol. The van der Waals surface area contributed by atoms with Gasteiger partial charge in [-0.15, -0.1) is 0 Å². The molecule has 1 saturated heterocycles. The van der Waals surface area contributed by atoms with Crippen LogP contribution in [0.25, 0.3) is 0 Å². The molecule has 8 nitrogen and oxygen atoms in total. The highest BCUT2D eigenvalue weighted by Crippen LogP contribution is 2.41. The summed E-state index contributed by atoms with van der Waals surface area (Å²) in [6.07, 6.45) is 0.754. The fraction of sp³-hybridized carbons (Fsp3) is 0.421. The summed E-state index contributed by atoms with van der Waals surface area (Å²) in [4.78, 5) is 24.0. The normalized spacial score (nSPS) is 23.1. The molecule has 3 heterocycles. The third kappa shape index (κ3) is 3.19. The summed E-state index contributed by atoms with van der Waals surface area (Å²) >= 11 is 0. The Hall–Kier alpha value is -2.68. The first-order valence-corrected chi connectivity index (χ1v) is 10.9. The molecule has 4 rings (SSSR count). The highest BCUT2D eigenvalue weighted by atomic mass is 32.2. The van der Waals surface area contributed by atoms with Crippen LogP contribution in [0, 0.1) is 6.92 Å². The Bertz CT molecular complexity index is 1060. The van der Waals surface area contributed by atoms with Crippen LogP contribution in [0.2, 0.25) is 0 Å². The lowest BCUT2D eigenvalue weighted by atomic mass is 9.85. The summed E-state index contributed by atoms with van der Waals surface area (Å²) in [7, 11) is -1.74. The van der Waals surface area contributed by atoms with Crippen molar-refractivity contribution in [2.24, 2.45) is 0 Å². The predicted molar refractivity (Wildman–Crippen MR) is 102 cm³/mol. The first kappa shape index (κ1) is 18.7. The van der Waals surface area contributed by atoms with Crippen LogP contribution in [0.1, 0.15) is 52.0 Å². The molecule has 0 radical (unpaired) electrons. The third-order valence-corrected chi connectivity index (χ3v) is 7.17. The van der Waals surface area contributed by atoms with Crippen LogP contribution in [0.4, 0.5) is 5.82 Å². The molecule has 2 atom stereocenters. The lowest BCUT2D eigenvalue weighted by Crippen LogP contribution is -2.26. The molecule has 9 heteroatoms. The molecule has 0 spiro atoms. The van der Waals surface area contributed by atoms with Crippen LogP contribution >= 0.6 is 0 Å². The molecule has 2 aliphatic heterocycles. The molecule has 1 aromatic heterocycles. The molecule has 2 aromatic rings. The molecule has 0 aliphatic carbocycles. The Morgan fingerprint density at radius 2 is 2.00 bits per heavy atom. The number of fused-ring (bicyclic) bond motifs is 1. The largest absolute Gasteiger partial charge is 0.465 e. The van der Waals surface area contributed by atoms with E-state index in [1.165, 1.54) is 7.11 Å². The van der Waals surface area contributed by atoms with Crippen molar-refractivity contribution in [3.63, 3.8) is 0 Å². The number of aryl methyl sites for hydroxylation is 1. The van der Waals surface area contributed by atoms with Gasteiger partial charge in [0.1, 0.15) is 5.82 Å². The maximum atomic E-state index is 12.4. The molecule has 1 amide bonds. The number of carbonyl (C=O) groups is 2. The van der Waals surface area contributed by atoms with E-state index in [-0.39, 0.29) is 35.8 Å². The van der Waals surface area contributed by atoms with Crippen molar-refractivity contribution in [1.29, 1.82) is 0 Å². The summed E-state index contributed by atoms with van der Waals surface area (Å²) in [5, 5.41) is 7.46. The minimum Gasteiger partial charge on any atom is -0.465 e. The van der Waals surface area contributed by atoms with Gasteiger partial charge in [0.2, 0.25) is 5.91 Å². The summed E-state index contributed by atoms with van der Waals surface area (Å²) in [5.74, 6) is -0.0103. The van der Waals surface area contributed by atoms with Crippen LogP contribution in [-0.4, -0.2) is 48.7 Å². The van der Waals surface area contributed by atoms with E-state index in [2.05, 4.69) is 10.4 Å². The first-order valence-electron chi connectivity index (χ1n) is 9.06. The lowest BCUT2D eigenvalue weighted by molar-refractivity contribution is -0.116. The smallest absolute Gasteiger partial charge is 0.337 e. The number of esters is 1. The number of sulfone groups is 1. The highest BCUT2D eigenvalue weighted by Gasteiger charge is 2.37. The first-order chi connectivity index (χ1) is 13.3. The van der Waals surface area contributed by atoms with Crippen LogP contribution in [-0.2, 0) is 19.4 Å². The highest BCUT2D eigenvalue weighted by molar-refractivity contribution is 7.91. The number of anilines is 1. The maximum Gasteiger partial charge on any atom is 0.337 e. The second-order valence-corrected chi connectivity index (χ2v) is 9.50. The number of methoxy groups -OCH3 is 1. The van der Waals surface area contributed by atoms with Crippen LogP contribution in [0.3, 0.4) is 0 Å². The fourth-order valence-electron chi connectivity index (χ4n) is 4.06. The monoisotopic (exact) mass is 403 g/mol. The molecular formula is C19H21N3O5S. The lowest BCUT2D eigenvalue weighted by Gasteiger charge is -2.25. The topological polar surface area (TPSA) is 107 Å². The minimum absolute atomic E-state index is 0.0366. The summed E-state index contributed by atoms with van der Waals surface area (Å²) in [6, 6.07) is 6.72. The number of aromatic nitrogens is 2. The summed E-state index contributed by atoms with van der Waals surface area (Å²) in [5.41, 5.74) is 3.00. The Labute approximate surface area is 162 Å². The number of carbonyl (C=O) groups excluding carboxylic acids is 2. The van der Waals surface area contributed by atoms with E-state index >= 15 is 0 Å². The number of hydrogen-bond donors (Lipinski definition) is 1. The van der Waals surface area contributed by atoms with Gasteiger partial charge in [-0.05, 0) is 31.0 Å². The molecule has 0 saturated carbocycles. The van der Waals surface area contributed by atoms with E-state index in [1.54, 1.807) is 16.8 Å². The molecule has 0 bridgehead atoms. The van der Waals surface area contributed by atoms with Crippen molar-refractivity contribution in [3.8, 4) is 0 Å². The van der Waals surface area contributed by atoms with Gasteiger partial charge in [-0.1, -0.05) is 12.1 Å². The fourth-order valence-corrected chi connectivity index (χ4v) is 5.75. The second-order valence-electron chi connectivity index (χ2n) is 7.27. The van der Waals surface area contributed by atoms with Crippen molar-refractivity contribution in [2.75, 3.05) is 23.9 Å². The molecule has 1 N–H and O–H groups in total. The van der Waals surface area contributed by atoms with Gasteiger partial charge >= 0.3 is 5.97 Å². The van der Waals surface area contributed by atoms with Crippen LogP contribution < -0.4 is 5.32 Å². The van der Waals surface area contributed by atoms with Gasteiger partial charge in [0, 0.05) is 17.9 Å². The van der Waals surface area contributed by atoms with Crippen molar-refractivity contribution in [3.05, 3.63) is 46.6 Å². The standard InChI is InChI=1S/C19H21N3O5S/c1-11-17-15(12-3-5-13(6-4-12)19(24)27-2)9-16(23)20-18(17)22(21-11)14-7-8-28(25,26)10-14/h3-6,14-15H,7-10H2,1-2H3,(H,20,23)/t14-,15-/m0/s1. The SMILES string of the molecule is COC(=O)c1ccc([C@@H]2CC(=O)Nc3c2c(C)nn3[C@H]2CCS(=O)(=O)C2)cc1. The number of nitrogens with zero attached hydrogens (tertiary/aromatic N) is 2. The Kier molecular flexibility index (Phi) is 4.49. The Morgan fingerprint density at radius 3 is 2.61 bits per heavy atom. The molecule has 1 aromatic carbocycles. The van der Waals surface area contributed by atoms with Crippen LogP contribution in [0.15, 0.2) is 24.3 Å². The number of hydrogen-bond acceptors (Lipinski definition) is 6. The van der Waals surface area contributed by atoms with E-state index in [0.29, 0.717) is 17.8 Å². The average Bonchev–Trinajstić information content (AvgIpc) is 3.19. The van der Waals surface area contributed by atoms with Gasteiger partial charge in [-0.25, -0.2) is 17.9 Å². The van der Waals surface area contributed by atoms with E-state index in [9.17, 15) is 18.0 Å². The molecule has 28 heavy (non-hydrogen) atoms. The van der Waals surface area contributed by atoms with Crippen LogP contribution in [0.5, 0.6) is 0 Å². The van der Waals surface area contributed by atoms with E-state index in [4.69, 9.17) is 4.74 Å². The van der Waals surface area contributed by atoms with E-state index in [0.717, 1.165) is 16.8 Å². The van der Waals surface area contributed by atoms with Gasteiger partial charge in [-0.3, -0.25) is 4.79 Å². The van der Waals surface area contributed by atoms with E-state index < -0.39 is 15.8 Å². The van der Waals surface area contributed by atoms with E-state index in [1.807, 2.05) is 19.1 Å². The van der Waals surface area contributed by atoms with Crippen molar-refractivity contribution in [2.45, 2.75) is 31.7 Å². The average molecular weight is 403 g/mol. The van der Waals surface area contributed by atoms with Crippen molar-refractivity contribution < 1.29 is 22.7 Å². The molecule has 2 aliphatic rings. The minimum atomic E-state index is -3.07. The Morgan fingerprint density at radius 1 is 1.29 bits per heavy atom. The zero-order chi connectivity index (χ0) is 20.1. The third-order valence-electron chi connectivity index (χ3n) is 5.42. The van der Waals surface area contributed by atoms with Crippen molar-refractivity contribution in [1.82, 2.24) is 9.78 Å². The van der Waals surface area contributed by atoms with Gasteiger partial charge in [0.25, 0.3) is 0 Å².